The van der Waals surface area contributed by atoms with E-state index in [1.807, 2.05) is 0 Å². The van der Waals surface area contributed by atoms with E-state index in [1.54, 1.807) is 0 Å². The van der Waals surface area contributed by atoms with Gasteiger partial charge in [0.15, 0.2) is 0 Å². The molecule has 0 aliphatic heterocycles. The molecule has 0 heterocycles. The van der Waals surface area contributed by atoms with Gasteiger partial charge in [0, 0.05) is 0 Å². The van der Waals surface area contributed by atoms with E-state index in [0.717, 1.165) is 0 Å². The minimum atomic E-state index is 0.447. The van der Waals surface area contributed by atoms with E-state index in [-0.39, 0.29) is 0 Å². The van der Waals surface area contributed by atoms with Gasteiger partial charge in [0.05, 0.1) is 0 Å². The second kappa shape index (κ2) is 3.92. The first-order chi connectivity index (χ1) is 3.63. The standard InChI is InChI=1S/C2H6N4Se2/c3-1(7)5-6-2(4)8/h(H3,3,5,7)(H3,4,6,8). The Hall–Kier alpha value is -0.0210. The number of hydrogen-bond donors (Lipinski definition) is 4. The van der Waals surface area contributed by atoms with E-state index < -0.39 is 0 Å². The third kappa shape index (κ3) is 5.98. The number of rotatable bonds is 3. The number of hydrazine groups is 1. The monoisotopic (exact) mass is 246 g/mol. The van der Waals surface area contributed by atoms with E-state index >= 15 is 0 Å². The summed E-state index contributed by atoms with van der Waals surface area (Å²) in [5, 5.41) is 0. The van der Waals surface area contributed by atoms with Crippen molar-refractivity contribution in [2.75, 3.05) is 0 Å². The quantitative estimate of drug-likeness (QED) is 0.307. The summed E-state index contributed by atoms with van der Waals surface area (Å²) in [6.45, 7) is 0. The fourth-order valence-corrected chi connectivity index (χ4v) is 0.337. The van der Waals surface area contributed by atoms with Crippen LogP contribution in [0.4, 0.5) is 0 Å². The van der Waals surface area contributed by atoms with Crippen LogP contribution in [-0.2, 0) is 0 Å². The molecule has 8 heavy (non-hydrogen) atoms. The molecule has 0 fully saturated rings. The number of nitrogens with one attached hydrogen (secondary N) is 2. The molecule has 46 valence electrons. The zero-order chi connectivity index (χ0) is 6.57. The van der Waals surface area contributed by atoms with Crippen LogP contribution in [0.1, 0.15) is 0 Å². The first kappa shape index (κ1) is 7.98. The van der Waals surface area contributed by atoms with E-state index in [0.29, 0.717) is 9.33 Å². The molecule has 0 aromatic rings. The maximum absolute atomic E-state index is 5.15. The normalized spacial score (nSPS) is 7.50. The van der Waals surface area contributed by atoms with Crippen LogP contribution in [0.15, 0.2) is 0 Å². The van der Waals surface area contributed by atoms with E-state index in [9.17, 15) is 0 Å². The van der Waals surface area contributed by atoms with Gasteiger partial charge < -0.3 is 0 Å². The van der Waals surface area contributed by atoms with Gasteiger partial charge in [-0.3, -0.25) is 0 Å². The van der Waals surface area contributed by atoms with Crippen LogP contribution >= 0.6 is 0 Å². The Morgan fingerprint density at radius 1 is 1.00 bits per heavy atom. The van der Waals surface area contributed by atoms with Gasteiger partial charge in [0.25, 0.3) is 0 Å². The van der Waals surface area contributed by atoms with Crippen molar-refractivity contribution in [3.8, 4) is 0 Å². The van der Waals surface area contributed by atoms with Gasteiger partial charge in [-0.15, -0.1) is 0 Å². The fraction of sp³-hybridized carbons (Fsp3) is 0. The summed E-state index contributed by atoms with van der Waals surface area (Å²) in [4.78, 5) is 0. The van der Waals surface area contributed by atoms with Crippen LogP contribution in [0.3, 0.4) is 0 Å². The molecule has 6 heteroatoms. The van der Waals surface area contributed by atoms with Crippen LogP contribution < -0.4 is 22.3 Å². The molecule has 0 aliphatic carbocycles. The van der Waals surface area contributed by atoms with Gasteiger partial charge in [0.2, 0.25) is 0 Å². The Balaban J connectivity index is 3.18. The molecule has 0 unspecified atom stereocenters. The Labute approximate surface area is 63.1 Å². The van der Waals surface area contributed by atoms with E-state index in [4.69, 9.17) is 11.5 Å². The van der Waals surface area contributed by atoms with Crippen LogP contribution in [0.2, 0.25) is 0 Å². The average molecular weight is 244 g/mol. The van der Waals surface area contributed by atoms with Crippen molar-refractivity contribution in [3.05, 3.63) is 0 Å². The molecule has 0 aromatic heterocycles. The van der Waals surface area contributed by atoms with Crippen molar-refractivity contribution in [3.63, 3.8) is 0 Å². The minimum absolute atomic E-state index is 0.447. The topological polar surface area (TPSA) is 76.1 Å². The first-order valence-electron chi connectivity index (χ1n) is 1.74. The third-order valence-electron chi connectivity index (χ3n) is 0.309. The summed E-state index contributed by atoms with van der Waals surface area (Å²) in [6.07, 6.45) is 0. The molecule has 0 bridgehead atoms. The summed E-state index contributed by atoms with van der Waals surface area (Å²) in [5.41, 5.74) is 15.4. The average Bonchev–Trinajstić information content (AvgIpc) is 1.61. The number of nitrogens with two attached hydrogens (primary N) is 2. The molecule has 0 saturated heterocycles. The van der Waals surface area contributed by atoms with Gasteiger partial charge in [-0.25, -0.2) is 0 Å². The molecule has 6 N–H and O–H groups in total. The SMILES string of the molecule is NC(=[Se])NNC(N)=[Se]. The predicted octanol–water partition coefficient (Wildman–Crippen LogP) is -3.49. The summed E-state index contributed by atoms with van der Waals surface area (Å²) < 4.78 is 0.895. The summed E-state index contributed by atoms with van der Waals surface area (Å²) in [6, 6.07) is 0. The molecule has 4 nitrogen and oxygen atoms in total. The molecule has 0 atom stereocenters. The molecule has 0 saturated carbocycles. The Morgan fingerprint density at radius 2 is 1.25 bits per heavy atom. The Bertz CT molecular complexity index is 96.6. The van der Waals surface area contributed by atoms with Gasteiger partial charge in [-0.05, 0) is 0 Å². The summed E-state index contributed by atoms with van der Waals surface area (Å²) >= 11 is 5.07. The number of hydrogen-bond acceptors (Lipinski definition) is 4. The fourth-order valence-electron chi connectivity index (χ4n) is 0.123. The van der Waals surface area contributed by atoms with Gasteiger partial charge in [-0.1, -0.05) is 0 Å². The first-order valence-corrected chi connectivity index (χ1v) is 3.45. The molecule has 0 rings (SSSR count). The second-order valence-corrected chi connectivity index (χ2v) is 2.82. The van der Waals surface area contributed by atoms with Crippen molar-refractivity contribution >= 4 is 40.5 Å². The molecular formula is C2H6N4Se2. The Kier molecular flexibility index (Phi) is 3.91. The molecule has 0 spiro atoms. The molecule has 0 amide bonds. The van der Waals surface area contributed by atoms with E-state index in [1.165, 1.54) is 0 Å². The van der Waals surface area contributed by atoms with Gasteiger partial charge in [-0.2, -0.15) is 0 Å². The molecule has 0 aromatic carbocycles. The van der Waals surface area contributed by atoms with Crippen LogP contribution in [0.5, 0.6) is 0 Å². The molecule has 0 aliphatic rings. The zero-order valence-corrected chi connectivity index (χ0v) is 7.40. The second-order valence-electron chi connectivity index (χ2n) is 0.979. The molecular weight excluding hydrogens is 238 g/mol. The van der Waals surface area contributed by atoms with Crippen LogP contribution in [0, 0.1) is 0 Å². The van der Waals surface area contributed by atoms with E-state index in [2.05, 4.69) is 42.0 Å². The summed E-state index contributed by atoms with van der Waals surface area (Å²) in [7, 11) is 0. The van der Waals surface area contributed by atoms with Crippen molar-refractivity contribution in [1.82, 2.24) is 10.9 Å². The van der Waals surface area contributed by atoms with Crippen LogP contribution in [0.25, 0.3) is 0 Å². The zero-order valence-electron chi connectivity index (χ0n) is 3.97. The summed E-state index contributed by atoms with van der Waals surface area (Å²) in [5.74, 6) is 0. The third-order valence-corrected chi connectivity index (χ3v) is 0.737. The van der Waals surface area contributed by atoms with Crippen molar-refractivity contribution in [2.45, 2.75) is 0 Å². The van der Waals surface area contributed by atoms with Crippen molar-refractivity contribution in [2.24, 2.45) is 11.5 Å². The maximum atomic E-state index is 5.15. The Morgan fingerprint density at radius 3 is 1.38 bits per heavy atom. The van der Waals surface area contributed by atoms with Gasteiger partial charge >= 0.3 is 62.8 Å². The van der Waals surface area contributed by atoms with Crippen molar-refractivity contribution < 1.29 is 0 Å². The predicted molar refractivity (Wildman–Crippen MR) is 36.2 cm³/mol. The van der Waals surface area contributed by atoms with Gasteiger partial charge in [0.1, 0.15) is 0 Å². The van der Waals surface area contributed by atoms with Crippen LogP contribution in [-0.4, -0.2) is 40.5 Å². The molecule has 0 radical (unpaired) electrons. The van der Waals surface area contributed by atoms with Crippen molar-refractivity contribution in [1.29, 1.82) is 0 Å².